The first-order valence-electron chi connectivity index (χ1n) is 6.02. The highest BCUT2D eigenvalue weighted by Gasteiger charge is 2.13. The van der Waals surface area contributed by atoms with Crippen LogP contribution in [0.25, 0.3) is 0 Å². The average molecular weight is 275 g/mol. The van der Waals surface area contributed by atoms with Crippen molar-refractivity contribution in [3.8, 4) is 0 Å². The van der Waals surface area contributed by atoms with E-state index < -0.39 is 18.1 Å². The van der Waals surface area contributed by atoms with E-state index in [0.29, 0.717) is 12.5 Å². The molecule has 0 radical (unpaired) electrons. The molecule has 110 valence electrons. The van der Waals surface area contributed by atoms with E-state index in [4.69, 9.17) is 10.2 Å². The van der Waals surface area contributed by atoms with Gasteiger partial charge in [0.25, 0.3) is 0 Å². The van der Waals surface area contributed by atoms with E-state index in [9.17, 15) is 14.4 Å². The first kappa shape index (κ1) is 17.2. The Morgan fingerprint density at radius 2 is 1.68 bits per heavy atom. The van der Waals surface area contributed by atoms with Crippen LogP contribution in [0.2, 0.25) is 0 Å². The molecule has 0 rings (SSSR count). The molecular weight excluding hydrogens is 254 g/mol. The lowest BCUT2D eigenvalue weighted by atomic mass is 10.2. The minimum Gasteiger partial charge on any atom is -0.479 e. The van der Waals surface area contributed by atoms with Gasteiger partial charge in [0, 0.05) is 19.5 Å². The van der Waals surface area contributed by atoms with Gasteiger partial charge in [-0.15, -0.1) is 0 Å². The van der Waals surface area contributed by atoms with Gasteiger partial charge >= 0.3 is 12.0 Å². The van der Waals surface area contributed by atoms with E-state index in [2.05, 4.69) is 16.0 Å². The van der Waals surface area contributed by atoms with Crippen LogP contribution < -0.4 is 16.0 Å². The van der Waals surface area contributed by atoms with Crippen LogP contribution in [0.5, 0.6) is 0 Å². The second kappa shape index (κ2) is 9.15. The van der Waals surface area contributed by atoms with E-state index in [0.717, 1.165) is 0 Å². The summed E-state index contributed by atoms with van der Waals surface area (Å²) in [6, 6.07) is -0.628. The van der Waals surface area contributed by atoms with Crippen molar-refractivity contribution < 1.29 is 24.6 Å². The summed E-state index contributed by atoms with van der Waals surface area (Å²) in [4.78, 5) is 32.7. The molecule has 0 aromatic heterocycles. The van der Waals surface area contributed by atoms with Gasteiger partial charge in [-0.1, -0.05) is 13.8 Å². The zero-order chi connectivity index (χ0) is 14.8. The Bertz CT molecular complexity index is 319. The first-order valence-corrected chi connectivity index (χ1v) is 6.02. The van der Waals surface area contributed by atoms with E-state index in [1.807, 2.05) is 13.8 Å². The van der Waals surface area contributed by atoms with Crippen molar-refractivity contribution in [1.29, 1.82) is 0 Å². The molecule has 0 saturated carbocycles. The third-order valence-electron chi connectivity index (χ3n) is 2.09. The molecule has 1 atom stereocenters. The number of rotatable bonds is 8. The highest BCUT2D eigenvalue weighted by molar-refractivity contribution is 5.78. The minimum atomic E-state index is -1.64. The monoisotopic (exact) mass is 275 g/mol. The lowest BCUT2D eigenvalue weighted by Gasteiger charge is -2.10. The van der Waals surface area contributed by atoms with Crippen molar-refractivity contribution >= 4 is 17.9 Å². The number of aliphatic hydroxyl groups is 1. The SMILES string of the molecule is CC(C)CNC(=O)CCNC(=O)NCC(O)C(=O)O. The number of hydrogen-bond donors (Lipinski definition) is 5. The number of carboxylic acids is 1. The van der Waals surface area contributed by atoms with Gasteiger partial charge < -0.3 is 26.2 Å². The maximum absolute atomic E-state index is 11.3. The number of hydrogen-bond acceptors (Lipinski definition) is 4. The van der Waals surface area contributed by atoms with Crippen molar-refractivity contribution in [2.24, 2.45) is 5.92 Å². The molecule has 0 heterocycles. The van der Waals surface area contributed by atoms with Crippen molar-refractivity contribution in [3.63, 3.8) is 0 Å². The standard InChI is InChI=1S/C11H21N3O5/c1-7(2)5-13-9(16)3-4-12-11(19)14-6-8(15)10(17)18/h7-8,15H,3-6H2,1-2H3,(H,13,16)(H,17,18)(H2,12,14,19). The van der Waals surface area contributed by atoms with Crippen LogP contribution >= 0.6 is 0 Å². The number of urea groups is 1. The van der Waals surface area contributed by atoms with Crippen molar-refractivity contribution in [2.45, 2.75) is 26.4 Å². The van der Waals surface area contributed by atoms with Crippen LogP contribution in [0.3, 0.4) is 0 Å². The number of amides is 3. The molecule has 0 aromatic rings. The second-order valence-electron chi connectivity index (χ2n) is 4.44. The van der Waals surface area contributed by atoms with Gasteiger partial charge in [0.15, 0.2) is 6.10 Å². The molecule has 0 aliphatic carbocycles. The summed E-state index contributed by atoms with van der Waals surface area (Å²) in [5.74, 6) is -1.22. The van der Waals surface area contributed by atoms with Gasteiger partial charge in [-0.05, 0) is 5.92 Å². The molecule has 8 nitrogen and oxygen atoms in total. The Kier molecular flexibility index (Phi) is 8.27. The lowest BCUT2D eigenvalue weighted by molar-refractivity contribution is -0.146. The molecule has 8 heteroatoms. The van der Waals surface area contributed by atoms with Crippen LogP contribution in [-0.2, 0) is 9.59 Å². The Hall–Kier alpha value is -1.83. The minimum absolute atomic E-state index is 0.138. The fraction of sp³-hybridized carbons (Fsp3) is 0.727. The van der Waals surface area contributed by atoms with Crippen molar-refractivity contribution in [1.82, 2.24) is 16.0 Å². The van der Waals surface area contributed by atoms with Gasteiger partial charge in [0.2, 0.25) is 5.91 Å². The smallest absolute Gasteiger partial charge is 0.334 e. The van der Waals surface area contributed by atoms with Crippen molar-refractivity contribution in [2.75, 3.05) is 19.6 Å². The summed E-state index contributed by atoms with van der Waals surface area (Å²) in [5.41, 5.74) is 0. The van der Waals surface area contributed by atoms with Crippen LogP contribution in [-0.4, -0.2) is 53.9 Å². The van der Waals surface area contributed by atoms with Gasteiger partial charge in [-0.2, -0.15) is 0 Å². The van der Waals surface area contributed by atoms with Crippen molar-refractivity contribution in [3.05, 3.63) is 0 Å². The second-order valence-corrected chi connectivity index (χ2v) is 4.44. The highest BCUT2D eigenvalue weighted by atomic mass is 16.4. The number of carbonyl (C=O) groups is 3. The Morgan fingerprint density at radius 3 is 2.21 bits per heavy atom. The summed E-state index contributed by atoms with van der Waals surface area (Å²) in [6.45, 7) is 4.27. The van der Waals surface area contributed by atoms with Gasteiger partial charge in [-0.3, -0.25) is 4.79 Å². The normalized spacial score (nSPS) is 11.8. The molecule has 1 unspecified atom stereocenters. The summed E-state index contributed by atoms with van der Waals surface area (Å²) in [7, 11) is 0. The van der Waals surface area contributed by atoms with Crippen LogP contribution in [0, 0.1) is 5.92 Å². The molecule has 3 amide bonds. The summed E-state index contributed by atoms with van der Waals surface area (Å²) in [5, 5.41) is 24.5. The number of nitrogens with one attached hydrogen (secondary N) is 3. The molecule has 0 saturated heterocycles. The zero-order valence-corrected chi connectivity index (χ0v) is 11.1. The van der Waals surface area contributed by atoms with Gasteiger partial charge in [-0.25, -0.2) is 9.59 Å². The van der Waals surface area contributed by atoms with E-state index >= 15 is 0 Å². The molecule has 0 bridgehead atoms. The Morgan fingerprint density at radius 1 is 1.05 bits per heavy atom. The van der Waals surface area contributed by atoms with Gasteiger partial charge in [0.1, 0.15) is 0 Å². The molecule has 0 aromatic carbocycles. The number of aliphatic carboxylic acids is 1. The quantitative estimate of drug-likeness (QED) is 0.384. The fourth-order valence-corrected chi connectivity index (χ4v) is 1.04. The topological polar surface area (TPSA) is 128 Å². The lowest BCUT2D eigenvalue weighted by Crippen LogP contribution is -2.43. The number of aliphatic hydroxyl groups excluding tert-OH is 1. The largest absolute Gasteiger partial charge is 0.479 e. The first-order chi connectivity index (χ1) is 8.82. The van der Waals surface area contributed by atoms with E-state index in [-0.39, 0.29) is 25.4 Å². The van der Waals surface area contributed by atoms with E-state index in [1.54, 1.807) is 0 Å². The molecule has 0 aliphatic rings. The molecular formula is C11H21N3O5. The predicted octanol–water partition coefficient (Wildman–Crippen LogP) is -1.11. The van der Waals surface area contributed by atoms with Crippen LogP contribution in [0.1, 0.15) is 20.3 Å². The summed E-state index contributed by atoms with van der Waals surface area (Å²) < 4.78 is 0. The molecule has 5 N–H and O–H groups in total. The Balaban J connectivity index is 3.63. The average Bonchev–Trinajstić information content (AvgIpc) is 2.33. The molecule has 0 spiro atoms. The molecule has 0 fully saturated rings. The third kappa shape index (κ3) is 9.83. The number of carbonyl (C=O) groups excluding carboxylic acids is 2. The maximum atomic E-state index is 11.3. The summed E-state index contributed by atoms with van der Waals surface area (Å²) >= 11 is 0. The highest BCUT2D eigenvalue weighted by Crippen LogP contribution is 1.88. The van der Waals surface area contributed by atoms with Crippen LogP contribution in [0.4, 0.5) is 4.79 Å². The third-order valence-corrected chi connectivity index (χ3v) is 2.09. The zero-order valence-electron chi connectivity index (χ0n) is 11.1. The predicted molar refractivity (Wildman–Crippen MR) is 67.5 cm³/mol. The maximum Gasteiger partial charge on any atom is 0.334 e. The summed E-state index contributed by atoms with van der Waals surface area (Å²) in [6.07, 6.45) is -1.50. The molecule has 19 heavy (non-hydrogen) atoms. The van der Waals surface area contributed by atoms with Crippen LogP contribution in [0.15, 0.2) is 0 Å². The van der Waals surface area contributed by atoms with Gasteiger partial charge in [0.05, 0.1) is 6.54 Å². The van der Waals surface area contributed by atoms with E-state index in [1.165, 1.54) is 0 Å². The molecule has 0 aliphatic heterocycles. The number of carboxylic acid groups (broad SMARTS) is 1. The Labute approximate surface area is 111 Å². The fourth-order valence-electron chi connectivity index (χ4n) is 1.04.